The van der Waals surface area contributed by atoms with Gasteiger partial charge in [0.2, 0.25) is 53.2 Å². The predicted molar refractivity (Wildman–Crippen MR) is 339 cm³/mol. The number of benzene rings is 1. The molecular weight excluding hydrogens is 1210 g/mol. The Labute approximate surface area is 538 Å². The van der Waals surface area contributed by atoms with Crippen LogP contribution in [0.3, 0.4) is 0 Å². The van der Waals surface area contributed by atoms with Crippen LogP contribution in [0.5, 0.6) is 0 Å². The number of primary amides is 1. The number of carbonyl (C=O) groups is 10. The number of aromatic amines is 2. The number of H-pyrrole nitrogens is 2. The number of aromatic nitrogens is 6. The third-order valence-corrected chi connectivity index (χ3v) is 17.4. The Hall–Kier alpha value is -8.16. The lowest BCUT2D eigenvalue weighted by atomic mass is 9.98. The molecule has 92 heavy (non-hydrogen) atoms. The molecule has 10 atom stereocenters. The molecule has 0 spiro atoms. The lowest BCUT2D eigenvalue weighted by molar-refractivity contribution is -0.136. The summed E-state index contributed by atoms with van der Waals surface area (Å²) in [5.41, 5.74) is 8.11. The van der Waals surface area contributed by atoms with Crippen LogP contribution in [0, 0.1) is 11.8 Å². The van der Waals surface area contributed by atoms with E-state index in [1.54, 1.807) is 12.4 Å². The molecule has 2 fully saturated rings. The standard InChI is InChI=1S/C61H91N17O13S/c1-35(2)24-44-57(84)71-45(25-36(3)4)58(85)72-46(26-38-29-65-42-13-7-6-12-41(38)42)59(86)69-43(54(62)81)14-10-11-18-78-31-40(76-77-78)28-47(60(87)73-48(27-39-30-63-34-66-39)56(83)67-37(5)55(82)70-44)68-52(80)32-91-23-22-90-21-20-89-19-17-64-51(79)16-9-8-15-50-53-49(33-92-50)74-61(88)75-53/h6-7,12-13,29-31,34-37,43-50,53,65H,8-11,14-28,32-33H2,1-5H3,(H2,62,81)(H,63,66)(H,64,79)(H,67,83)(H,68,80)(H,69,86)(H,70,82)(H,71,84)(H,72,85)(H,73,87)(H2,74,75,88)/t37-,43+,44-,45-,46-,47+,48-,49-,50-,53-/m1/s1. The van der Waals surface area contributed by atoms with Gasteiger partial charge in [-0.25, -0.2) is 9.78 Å². The molecule has 30 nitrogen and oxygen atoms in total. The van der Waals surface area contributed by atoms with Crippen molar-refractivity contribution >= 4 is 81.9 Å². The molecule has 1 aromatic carbocycles. The summed E-state index contributed by atoms with van der Waals surface area (Å²) in [4.78, 5) is 147. The highest BCUT2D eigenvalue weighted by molar-refractivity contribution is 8.00. The fraction of sp³-hybridized carbons (Fsp3) is 0.623. The molecule has 0 saturated carbocycles. The molecule has 3 aromatic heterocycles. The van der Waals surface area contributed by atoms with Gasteiger partial charge in [0.15, 0.2) is 0 Å². The maximum absolute atomic E-state index is 14.5. The number of amides is 11. The summed E-state index contributed by atoms with van der Waals surface area (Å²) in [7, 11) is 0. The van der Waals surface area contributed by atoms with E-state index in [4.69, 9.17) is 19.9 Å². The van der Waals surface area contributed by atoms with Gasteiger partial charge in [-0.1, -0.05) is 57.5 Å². The molecule has 6 heterocycles. The van der Waals surface area contributed by atoms with Gasteiger partial charge in [0.1, 0.15) is 48.9 Å². The number of nitrogens with two attached hydrogens (primary N) is 1. The lowest BCUT2D eigenvalue weighted by Gasteiger charge is -2.28. The van der Waals surface area contributed by atoms with Crippen LogP contribution in [0.1, 0.15) is 109 Å². The van der Waals surface area contributed by atoms with Crippen molar-refractivity contribution in [3.8, 4) is 0 Å². The molecule has 0 aliphatic carbocycles. The maximum atomic E-state index is 14.5. The number of nitrogens with zero attached hydrogens (tertiary/aromatic N) is 4. The minimum absolute atomic E-state index is 0.00598. The lowest BCUT2D eigenvalue weighted by Crippen LogP contribution is -2.60. The number of carbonyl (C=O) groups excluding carboxylic acids is 10. The average molecular weight is 1300 g/mol. The van der Waals surface area contributed by atoms with Crippen molar-refractivity contribution < 1.29 is 62.2 Å². The first kappa shape index (κ1) is 71.3. The Bertz CT molecular complexity index is 3100. The van der Waals surface area contributed by atoms with E-state index in [9.17, 15) is 47.9 Å². The normalized spacial score (nSPS) is 24.1. The molecular formula is C61H91N17O13S. The van der Waals surface area contributed by atoms with Gasteiger partial charge in [0.25, 0.3) is 0 Å². The summed E-state index contributed by atoms with van der Waals surface area (Å²) in [6.45, 7) is 9.83. The number of rotatable bonds is 26. The van der Waals surface area contributed by atoms with Crippen LogP contribution in [0.2, 0.25) is 0 Å². The average Bonchev–Trinajstić information content (AvgIpc) is 1.72. The van der Waals surface area contributed by atoms with E-state index in [-0.39, 0.29) is 120 Å². The number of hydrogen-bond donors (Lipinski definition) is 13. The van der Waals surface area contributed by atoms with Gasteiger partial charge in [0.05, 0.1) is 57.1 Å². The SMILES string of the molecule is CC(C)C[C@H]1NC(=O)[C@@H](C)NC(=O)[C@@H](Cc2cnc[nH]2)NC(=O)[C@@H](NC(=O)COCCOCCOCCNC(=O)CCCC[C@H]2SC[C@H]3NC(=O)N[C@H]32)Cc2cn(nn2)CCCC[C@@H](C(N)=O)NC(=O)[C@@H](Cc2c[nH]c3ccccc23)NC(=O)[C@@H](CC(C)C)NC1=O. The third-order valence-electron chi connectivity index (χ3n) is 15.8. The molecule has 2 saturated heterocycles. The zero-order valence-corrected chi connectivity index (χ0v) is 53.8. The maximum Gasteiger partial charge on any atom is 0.315 e. The number of para-hydroxylation sites is 1. The number of unbranched alkanes of at least 4 members (excludes halogenated alkanes) is 1. The summed E-state index contributed by atoms with van der Waals surface area (Å²) >= 11 is 1.85. The second-order valence-corrected chi connectivity index (χ2v) is 25.6. The number of nitrogens with one attached hydrogen (secondary N) is 12. The fourth-order valence-electron chi connectivity index (χ4n) is 11.1. The Kier molecular flexibility index (Phi) is 28.0. The van der Waals surface area contributed by atoms with Crippen LogP contribution >= 0.6 is 11.8 Å². The Morgan fingerprint density at radius 2 is 1.39 bits per heavy atom. The number of hydrogen-bond acceptors (Lipinski definition) is 17. The van der Waals surface area contributed by atoms with E-state index < -0.39 is 96.2 Å². The molecule has 504 valence electrons. The van der Waals surface area contributed by atoms with E-state index in [2.05, 4.69) is 78.4 Å². The first-order valence-corrected chi connectivity index (χ1v) is 32.7. The van der Waals surface area contributed by atoms with Crippen molar-refractivity contribution in [1.82, 2.24) is 83.1 Å². The predicted octanol–water partition coefficient (Wildman–Crippen LogP) is -0.423. The number of aryl methyl sites for hydroxylation is 1. The number of thioether (sulfide) groups is 1. The number of imidazole rings is 1. The van der Waals surface area contributed by atoms with Crippen LogP contribution in [-0.4, -0.2) is 201 Å². The Morgan fingerprint density at radius 3 is 2.11 bits per heavy atom. The molecule has 3 aliphatic rings. The van der Waals surface area contributed by atoms with Gasteiger partial charge < -0.3 is 83.1 Å². The van der Waals surface area contributed by atoms with Crippen molar-refractivity contribution in [2.75, 3.05) is 51.9 Å². The summed E-state index contributed by atoms with van der Waals surface area (Å²) in [6, 6.07) is -1.13. The van der Waals surface area contributed by atoms with Gasteiger partial charge in [-0.15, -0.1) is 5.10 Å². The van der Waals surface area contributed by atoms with Crippen molar-refractivity contribution in [3.05, 3.63) is 66.1 Å². The third kappa shape index (κ3) is 22.9. The van der Waals surface area contributed by atoms with Crippen LogP contribution in [0.25, 0.3) is 10.9 Å². The van der Waals surface area contributed by atoms with E-state index in [1.165, 1.54) is 24.1 Å². The topological polar surface area (TPSA) is 420 Å². The van der Waals surface area contributed by atoms with Crippen LogP contribution in [-0.2, 0) is 83.2 Å². The quantitative estimate of drug-likeness (QED) is 0.0280. The van der Waals surface area contributed by atoms with Gasteiger partial charge in [-0.3, -0.25) is 47.8 Å². The van der Waals surface area contributed by atoms with Crippen molar-refractivity contribution in [2.45, 2.75) is 178 Å². The highest BCUT2D eigenvalue weighted by Gasteiger charge is 2.43. The second-order valence-electron chi connectivity index (χ2n) is 24.3. The summed E-state index contributed by atoms with van der Waals surface area (Å²) in [5.74, 6) is -5.34. The molecule has 4 aromatic rings. The molecule has 14 N–H and O–H groups in total. The van der Waals surface area contributed by atoms with Gasteiger partial charge in [0, 0.05) is 85.0 Å². The van der Waals surface area contributed by atoms with Crippen LogP contribution in [0.4, 0.5) is 4.79 Å². The monoisotopic (exact) mass is 1300 g/mol. The summed E-state index contributed by atoms with van der Waals surface area (Å²) in [6.07, 6.45) is 9.97. The summed E-state index contributed by atoms with van der Waals surface area (Å²) in [5, 5.41) is 37.7. The Morgan fingerprint density at radius 1 is 0.728 bits per heavy atom. The highest BCUT2D eigenvalue weighted by Crippen LogP contribution is 2.33. The molecule has 11 amide bonds. The molecule has 2 bridgehead atoms. The zero-order valence-electron chi connectivity index (χ0n) is 53.0. The van der Waals surface area contributed by atoms with Crippen LogP contribution in [0.15, 0.2) is 49.2 Å². The first-order chi connectivity index (χ1) is 44.2. The van der Waals surface area contributed by atoms with Gasteiger partial charge in [-0.05, 0) is 75.3 Å². The van der Waals surface area contributed by atoms with E-state index in [0.29, 0.717) is 42.3 Å². The van der Waals surface area contributed by atoms with Crippen LogP contribution < -0.4 is 58.9 Å². The van der Waals surface area contributed by atoms with Crippen molar-refractivity contribution in [1.29, 1.82) is 0 Å². The smallest absolute Gasteiger partial charge is 0.315 e. The van der Waals surface area contributed by atoms with Gasteiger partial charge in [-0.2, -0.15) is 11.8 Å². The van der Waals surface area contributed by atoms with Crippen molar-refractivity contribution in [2.24, 2.45) is 17.6 Å². The van der Waals surface area contributed by atoms with E-state index >= 15 is 0 Å². The highest BCUT2D eigenvalue weighted by atomic mass is 32.2. The summed E-state index contributed by atoms with van der Waals surface area (Å²) < 4.78 is 18.3. The van der Waals surface area contributed by atoms with Crippen molar-refractivity contribution in [3.63, 3.8) is 0 Å². The minimum atomic E-state index is -1.35. The number of urea groups is 1. The second kappa shape index (κ2) is 36.2. The van der Waals surface area contributed by atoms with E-state index in [0.717, 1.165) is 35.9 Å². The molecule has 31 heteroatoms. The molecule has 3 aliphatic heterocycles. The largest absolute Gasteiger partial charge is 0.377 e. The zero-order chi connectivity index (χ0) is 66.1. The fourth-order valence-corrected chi connectivity index (χ4v) is 12.6. The Balaban J connectivity index is 0.977. The molecule has 0 radical (unpaired) electrons. The molecule has 0 unspecified atom stereocenters. The van der Waals surface area contributed by atoms with Gasteiger partial charge >= 0.3 is 6.03 Å². The molecule has 7 rings (SSSR count). The minimum Gasteiger partial charge on any atom is -0.377 e. The van der Waals surface area contributed by atoms with E-state index in [1.807, 2.05) is 63.7 Å². The first-order valence-electron chi connectivity index (χ1n) is 31.7. The number of fused-ring (bicyclic) bond motifs is 4. The number of ether oxygens (including phenoxy) is 3.